The van der Waals surface area contributed by atoms with Crippen LogP contribution in [0.5, 0.6) is 0 Å². The molecule has 2 saturated heterocycles. The molecule has 3 amide bonds. The van der Waals surface area contributed by atoms with Gasteiger partial charge in [0.05, 0.1) is 6.04 Å². The third kappa shape index (κ3) is 4.02. The summed E-state index contributed by atoms with van der Waals surface area (Å²) in [4.78, 5) is 28.0. The maximum absolute atomic E-state index is 12.3. The second kappa shape index (κ2) is 7.73. The fraction of sp³-hybridized carbons (Fsp3) is 0.846. The molecule has 2 aliphatic rings. The Morgan fingerprint density at radius 1 is 1.25 bits per heavy atom. The molecule has 1 atom stereocenters. The minimum absolute atomic E-state index is 0.00399. The topological polar surface area (TPSA) is 64.7 Å². The van der Waals surface area contributed by atoms with E-state index in [-0.39, 0.29) is 18.0 Å². The zero-order valence-corrected chi connectivity index (χ0v) is 12.9. The van der Waals surface area contributed by atoms with Crippen molar-refractivity contribution in [2.45, 2.75) is 25.8 Å². The Bertz CT molecular complexity index is 347. The predicted octanol–water partition coefficient (Wildman–Crippen LogP) is 0.303. The van der Waals surface area contributed by atoms with E-state index in [0.717, 1.165) is 37.6 Å². The predicted molar refractivity (Wildman–Crippen MR) is 80.7 cm³/mol. The first-order valence-corrected chi connectivity index (χ1v) is 8.50. The molecule has 6 nitrogen and oxygen atoms in total. The van der Waals surface area contributed by atoms with Gasteiger partial charge in [0.15, 0.2) is 0 Å². The second-order valence-electron chi connectivity index (χ2n) is 5.17. The van der Waals surface area contributed by atoms with Crippen LogP contribution in [0.1, 0.15) is 19.8 Å². The molecule has 0 aromatic rings. The van der Waals surface area contributed by atoms with Gasteiger partial charge in [0.25, 0.3) is 0 Å². The molecule has 114 valence electrons. The highest BCUT2D eigenvalue weighted by molar-refractivity contribution is 7.99. The van der Waals surface area contributed by atoms with Crippen LogP contribution in [0.3, 0.4) is 0 Å². The molecule has 0 aliphatic carbocycles. The van der Waals surface area contributed by atoms with E-state index in [0.29, 0.717) is 19.6 Å². The summed E-state index contributed by atoms with van der Waals surface area (Å²) in [6.45, 7) is 5.49. The summed E-state index contributed by atoms with van der Waals surface area (Å²) in [6.07, 6.45) is 1.79. The van der Waals surface area contributed by atoms with Crippen LogP contribution < -0.4 is 10.6 Å². The molecule has 0 aromatic carbocycles. The molecule has 2 heterocycles. The lowest BCUT2D eigenvalue weighted by Gasteiger charge is -2.24. The molecule has 2 rings (SSSR count). The monoisotopic (exact) mass is 300 g/mol. The number of urea groups is 1. The van der Waals surface area contributed by atoms with Crippen LogP contribution in [0.2, 0.25) is 0 Å². The average Bonchev–Trinajstić information content (AvgIpc) is 2.88. The Kier molecular flexibility index (Phi) is 5.97. The zero-order chi connectivity index (χ0) is 14.4. The minimum Gasteiger partial charge on any atom is -0.339 e. The van der Waals surface area contributed by atoms with Crippen molar-refractivity contribution in [1.82, 2.24) is 20.4 Å². The van der Waals surface area contributed by atoms with Crippen molar-refractivity contribution in [3.05, 3.63) is 0 Å². The molecule has 1 unspecified atom stereocenters. The van der Waals surface area contributed by atoms with E-state index < -0.39 is 0 Å². The first-order valence-electron chi connectivity index (χ1n) is 7.35. The molecule has 0 aromatic heterocycles. The Morgan fingerprint density at radius 3 is 2.70 bits per heavy atom. The van der Waals surface area contributed by atoms with Crippen molar-refractivity contribution >= 4 is 23.7 Å². The van der Waals surface area contributed by atoms with Crippen LogP contribution in [-0.4, -0.2) is 72.1 Å². The van der Waals surface area contributed by atoms with Gasteiger partial charge in [-0.3, -0.25) is 10.1 Å². The molecule has 0 radical (unpaired) electrons. The minimum atomic E-state index is -0.0412. The fourth-order valence-corrected chi connectivity index (χ4v) is 3.39. The molecule has 2 aliphatic heterocycles. The van der Waals surface area contributed by atoms with Crippen LogP contribution in [0.15, 0.2) is 0 Å². The van der Waals surface area contributed by atoms with Crippen molar-refractivity contribution in [2.24, 2.45) is 0 Å². The van der Waals surface area contributed by atoms with Gasteiger partial charge in [0, 0.05) is 44.4 Å². The molecule has 0 saturated carbocycles. The number of nitrogens with zero attached hydrogens (tertiary/aromatic N) is 2. The summed E-state index contributed by atoms with van der Waals surface area (Å²) in [5.41, 5.74) is 0. The normalized spacial score (nSPS) is 23.6. The summed E-state index contributed by atoms with van der Waals surface area (Å²) in [7, 11) is 0. The van der Waals surface area contributed by atoms with E-state index >= 15 is 0 Å². The number of hydrogen-bond donors (Lipinski definition) is 2. The first kappa shape index (κ1) is 15.4. The molecular weight excluding hydrogens is 276 g/mol. The Hall–Kier alpha value is -0.950. The third-order valence-electron chi connectivity index (χ3n) is 3.64. The van der Waals surface area contributed by atoms with E-state index in [1.165, 1.54) is 0 Å². The van der Waals surface area contributed by atoms with E-state index in [1.54, 1.807) is 11.8 Å². The maximum atomic E-state index is 12.3. The van der Waals surface area contributed by atoms with Gasteiger partial charge in [-0.05, 0) is 12.8 Å². The summed E-state index contributed by atoms with van der Waals surface area (Å²) in [5.74, 6) is 1.90. The van der Waals surface area contributed by atoms with Gasteiger partial charge in [0.2, 0.25) is 5.91 Å². The van der Waals surface area contributed by atoms with E-state index in [9.17, 15) is 9.59 Å². The van der Waals surface area contributed by atoms with Gasteiger partial charge in [0.1, 0.15) is 0 Å². The lowest BCUT2D eigenvalue weighted by molar-refractivity contribution is -0.132. The van der Waals surface area contributed by atoms with Gasteiger partial charge in [-0.15, -0.1) is 11.8 Å². The first-order chi connectivity index (χ1) is 9.72. The highest BCUT2D eigenvalue weighted by Gasteiger charge is 2.29. The highest BCUT2D eigenvalue weighted by Crippen LogP contribution is 2.13. The van der Waals surface area contributed by atoms with E-state index in [1.807, 2.05) is 16.7 Å². The fourth-order valence-electron chi connectivity index (χ4n) is 2.46. The average molecular weight is 300 g/mol. The van der Waals surface area contributed by atoms with Crippen molar-refractivity contribution < 1.29 is 9.59 Å². The third-order valence-corrected chi connectivity index (χ3v) is 4.58. The lowest BCUT2D eigenvalue weighted by atomic mass is 10.2. The molecule has 2 fully saturated rings. The van der Waals surface area contributed by atoms with Crippen molar-refractivity contribution in [1.29, 1.82) is 0 Å². The number of thioether (sulfide) groups is 1. The van der Waals surface area contributed by atoms with Gasteiger partial charge in [-0.2, -0.15) is 0 Å². The van der Waals surface area contributed by atoms with Crippen molar-refractivity contribution in [3.8, 4) is 0 Å². The summed E-state index contributed by atoms with van der Waals surface area (Å²) in [6, 6.07) is -0.0452. The number of carbonyl (C=O) groups excluding carboxylic acids is 2. The Balaban J connectivity index is 1.82. The van der Waals surface area contributed by atoms with Crippen molar-refractivity contribution in [2.75, 3.05) is 44.4 Å². The van der Waals surface area contributed by atoms with Gasteiger partial charge >= 0.3 is 6.03 Å². The van der Waals surface area contributed by atoms with E-state index in [2.05, 4.69) is 10.6 Å². The number of rotatable bonds is 3. The van der Waals surface area contributed by atoms with Crippen LogP contribution in [0.25, 0.3) is 0 Å². The molecular formula is C13H24N4O2S. The Labute approximate surface area is 124 Å². The number of amides is 3. The van der Waals surface area contributed by atoms with Crippen molar-refractivity contribution in [3.63, 3.8) is 0 Å². The van der Waals surface area contributed by atoms with Crippen LogP contribution >= 0.6 is 11.8 Å². The maximum Gasteiger partial charge on any atom is 0.317 e. The summed E-state index contributed by atoms with van der Waals surface area (Å²) < 4.78 is 0. The van der Waals surface area contributed by atoms with Crippen LogP contribution in [0, 0.1) is 0 Å². The standard InChI is InChI=1S/C13H24N4O2S/c1-2-4-14-13(19)17-6-3-5-16(7-8-17)12(18)11-9-20-10-15-11/h11,15H,2-10H2,1H3,(H,14,19). The lowest BCUT2D eigenvalue weighted by Crippen LogP contribution is -2.47. The second-order valence-corrected chi connectivity index (χ2v) is 6.20. The zero-order valence-electron chi connectivity index (χ0n) is 12.1. The van der Waals surface area contributed by atoms with Gasteiger partial charge in [-0.25, -0.2) is 4.79 Å². The number of hydrogen-bond acceptors (Lipinski definition) is 4. The Morgan fingerprint density at radius 2 is 2.00 bits per heavy atom. The smallest absolute Gasteiger partial charge is 0.317 e. The number of nitrogens with one attached hydrogen (secondary N) is 2. The van der Waals surface area contributed by atoms with Gasteiger partial charge < -0.3 is 15.1 Å². The molecule has 7 heteroatoms. The molecule has 0 spiro atoms. The molecule has 2 N–H and O–H groups in total. The SMILES string of the molecule is CCCNC(=O)N1CCCN(C(=O)C2CSCN2)CC1. The van der Waals surface area contributed by atoms with Crippen LogP contribution in [0.4, 0.5) is 4.79 Å². The number of carbonyl (C=O) groups is 2. The largest absolute Gasteiger partial charge is 0.339 e. The molecule has 0 bridgehead atoms. The summed E-state index contributed by atoms with van der Waals surface area (Å²) >= 11 is 1.76. The van der Waals surface area contributed by atoms with Crippen LogP contribution in [-0.2, 0) is 4.79 Å². The summed E-state index contributed by atoms with van der Waals surface area (Å²) in [5, 5.41) is 6.11. The van der Waals surface area contributed by atoms with Gasteiger partial charge in [-0.1, -0.05) is 6.92 Å². The van der Waals surface area contributed by atoms with E-state index in [4.69, 9.17) is 0 Å². The molecule has 20 heavy (non-hydrogen) atoms. The highest BCUT2D eigenvalue weighted by atomic mass is 32.2. The quantitative estimate of drug-likeness (QED) is 0.787.